The number of hydrogen-bond donors (Lipinski definition) is 2. The number of H-pyrrole nitrogens is 1. The van der Waals surface area contributed by atoms with Crippen LogP contribution < -0.4 is 11.2 Å². The van der Waals surface area contributed by atoms with Crippen molar-refractivity contribution in [3.05, 3.63) is 32.6 Å². The molecular weight excluding hydrogens is 243 g/mol. The van der Waals surface area contributed by atoms with Crippen LogP contribution in [-0.4, -0.2) is 33.5 Å². The Balaban J connectivity index is 2.33. The van der Waals surface area contributed by atoms with E-state index in [4.69, 9.17) is 9.84 Å². The smallest absolute Gasteiger partial charge is 0.330 e. The van der Waals surface area contributed by atoms with E-state index < -0.39 is 36.4 Å². The van der Waals surface area contributed by atoms with Crippen LogP contribution in [0.1, 0.15) is 24.6 Å². The summed E-state index contributed by atoms with van der Waals surface area (Å²) in [5, 5.41) is 9.14. The number of aliphatic hydroxyl groups is 1. The highest BCUT2D eigenvalue weighted by Crippen LogP contribution is 2.35. The largest absolute Gasteiger partial charge is 0.393 e. The van der Waals surface area contributed by atoms with E-state index in [2.05, 4.69) is 4.98 Å². The highest BCUT2D eigenvalue weighted by atomic mass is 19.1. The molecule has 2 rings (SSSR count). The third kappa shape index (κ3) is 2.11. The maximum Gasteiger partial charge on any atom is 0.330 e. The quantitative estimate of drug-likeness (QED) is 0.790. The number of alkyl halides is 1. The summed E-state index contributed by atoms with van der Waals surface area (Å²) in [6.07, 6.45) is 1.47. The van der Waals surface area contributed by atoms with E-state index in [-0.39, 0.29) is 0 Å². The van der Waals surface area contributed by atoms with Gasteiger partial charge in [-0.2, -0.15) is 0 Å². The topological polar surface area (TPSA) is 84.3 Å². The lowest BCUT2D eigenvalue weighted by molar-refractivity contribution is -0.109. The van der Waals surface area contributed by atoms with Gasteiger partial charge in [-0.25, -0.2) is 9.18 Å². The van der Waals surface area contributed by atoms with E-state index >= 15 is 0 Å². The Morgan fingerprint density at radius 2 is 2.39 bits per heavy atom. The molecule has 1 saturated heterocycles. The van der Waals surface area contributed by atoms with Crippen LogP contribution in [0.2, 0.25) is 0 Å². The number of rotatable bonds is 3. The Hall–Kier alpha value is -1.47. The molecule has 0 saturated carbocycles. The van der Waals surface area contributed by atoms with E-state index in [0.717, 1.165) is 0 Å². The predicted octanol–water partition coefficient (Wildman–Crippen LogP) is -0.145. The van der Waals surface area contributed by atoms with Crippen molar-refractivity contribution in [2.24, 2.45) is 0 Å². The number of ether oxygens (including phenoxy) is 1. The van der Waals surface area contributed by atoms with Crippen molar-refractivity contribution in [2.75, 3.05) is 13.3 Å². The van der Waals surface area contributed by atoms with Crippen LogP contribution in [0.5, 0.6) is 0 Å². The monoisotopic (exact) mass is 258 g/mol. The number of nitrogens with one attached hydrogen (secondary N) is 1. The first-order valence-corrected chi connectivity index (χ1v) is 5.68. The molecule has 2 heterocycles. The van der Waals surface area contributed by atoms with Crippen LogP contribution in [-0.2, 0) is 4.74 Å². The molecule has 0 aromatic carbocycles. The molecule has 0 radical (unpaired) electrons. The van der Waals surface area contributed by atoms with Crippen molar-refractivity contribution in [3.63, 3.8) is 0 Å². The zero-order valence-corrected chi connectivity index (χ0v) is 9.98. The minimum Gasteiger partial charge on any atom is -0.393 e. The minimum absolute atomic E-state index is 0.329. The van der Waals surface area contributed by atoms with Gasteiger partial charge in [0.1, 0.15) is 18.5 Å². The average molecular weight is 258 g/mol. The summed E-state index contributed by atoms with van der Waals surface area (Å²) in [4.78, 5) is 25.0. The molecule has 0 unspecified atom stereocenters. The molecule has 2 atom stereocenters. The molecule has 0 bridgehead atoms. The van der Waals surface area contributed by atoms with Crippen LogP contribution in [0, 0.1) is 6.92 Å². The summed E-state index contributed by atoms with van der Waals surface area (Å²) < 4.78 is 19.5. The van der Waals surface area contributed by atoms with E-state index in [9.17, 15) is 14.0 Å². The summed E-state index contributed by atoms with van der Waals surface area (Å²) in [6, 6.07) is 0. The van der Waals surface area contributed by atoms with Crippen LogP contribution >= 0.6 is 0 Å². The second-order valence-electron chi connectivity index (χ2n) is 4.56. The number of aryl methyl sites for hydroxylation is 1. The lowest BCUT2D eigenvalue weighted by Gasteiger charge is -2.24. The molecule has 0 spiro atoms. The molecule has 7 heteroatoms. The van der Waals surface area contributed by atoms with Crippen molar-refractivity contribution in [1.29, 1.82) is 0 Å². The molecule has 1 aliphatic heterocycles. The first kappa shape index (κ1) is 13.0. The number of halogens is 1. The fourth-order valence-corrected chi connectivity index (χ4v) is 2.05. The average Bonchev–Trinajstić information content (AvgIpc) is 2.79. The van der Waals surface area contributed by atoms with E-state index in [1.165, 1.54) is 10.8 Å². The molecule has 1 fully saturated rings. The number of aromatic amines is 1. The zero-order chi connectivity index (χ0) is 13.3. The first-order chi connectivity index (χ1) is 8.51. The van der Waals surface area contributed by atoms with E-state index in [1.807, 2.05) is 0 Å². The van der Waals surface area contributed by atoms with Crippen LogP contribution in [0.4, 0.5) is 4.39 Å². The molecule has 18 heavy (non-hydrogen) atoms. The Bertz CT molecular complexity index is 547. The summed E-state index contributed by atoms with van der Waals surface area (Å²) in [5.41, 5.74) is -1.90. The van der Waals surface area contributed by atoms with E-state index in [0.29, 0.717) is 18.4 Å². The Labute approximate surface area is 102 Å². The van der Waals surface area contributed by atoms with Crippen LogP contribution in [0.25, 0.3) is 0 Å². The van der Waals surface area contributed by atoms with Gasteiger partial charge in [-0.15, -0.1) is 0 Å². The van der Waals surface area contributed by atoms with Crippen molar-refractivity contribution in [3.8, 4) is 0 Å². The van der Waals surface area contributed by atoms with Crippen molar-refractivity contribution in [1.82, 2.24) is 9.55 Å². The summed E-state index contributed by atoms with van der Waals surface area (Å²) in [5.74, 6) is 0. The highest BCUT2D eigenvalue weighted by molar-refractivity contribution is 5.02. The number of hydrogen-bond acceptors (Lipinski definition) is 4. The van der Waals surface area contributed by atoms with Gasteiger partial charge in [0, 0.05) is 11.8 Å². The second kappa shape index (κ2) is 4.66. The van der Waals surface area contributed by atoms with Crippen molar-refractivity contribution >= 4 is 0 Å². The lowest BCUT2D eigenvalue weighted by atomic mass is 10.0. The molecule has 6 nitrogen and oxygen atoms in total. The summed E-state index contributed by atoms with van der Waals surface area (Å²) in [6.45, 7) is 0.326. The van der Waals surface area contributed by atoms with Crippen molar-refractivity contribution in [2.45, 2.75) is 31.6 Å². The summed E-state index contributed by atoms with van der Waals surface area (Å²) >= 11 is 0. The fourth-order valence-electron chi connectivity index (χ4n) is 2.05. The molecule has 100 valence electrons. The normalized spacial score (nSPS) is 27.6. The predicted molar refractivity (Wildman–Crippen MR) is 61.2 cm³/mol. The maximum absolute atomic E-state index is 12.9. The van der Waals surface area contributed by atoms with Gasteiger partial charge in [0.05, 0.1) is 6.61 Å². The van der Waals surface area contributed by atoms with Gasteiger partial charge in [0.15, 0.2) is 0 Å². The molecule has 1 aromatic heterocycles. The van der Waals surface area contributed by atoms with Gasteiger partial charge < -0.3 is 9.84 Å². The SMILES string of the molecule is Cc1cn([C@@H]2CC[C@@](CO)(CF)O2)c(=O)[nH]c1=O. The Kier molecular flexibility index (Phi) is 3.36. The lowest BCUT2D eigenvalue weighted by Crippen LogP contribution is -2.38. The van der Waals surface area contributed by atoms with Gasteiger partial charge >= 0.3 is 5.69 Å². The Morgan fingerprint density at radius 1 is 1.67 bits per heavy atom. The summed E-state index contributed by atoms with van der Waals surface area (Å²) in [7, 11) is 0. The first-order valence-electron chi connectivity index (χ1n) is 5.68. The van der Waals surface area contributed by atoms with Crippen LogP contribution in [0.3, 0.4) is 0 Å². The zero-order valence-electron chi connectivity index (χ0n) is 9.98. The van der Waals surface area contributed by atoms with Gasteiger partial charge in [-0.05, 0) is 19.8 Å². The fraction of sp³-hybridized carbons (Fsp3) is 0.636. The molecule has 1 aromatic rings. The molecule has 1 aliphatic rings. The molecule has 0 aliphatic carbocycles. The van der Waals surface area contributed by atoms with Gasteiger partial charge in [0.2, 0.25) is 0 Å². The second-order valence-corrected chi connectivity index (χ2v) is 4.56. The van der Waals surface area contributed by atoms with Crippen LogP contribution in [0.15, 0.2) is 15.8 Å². The minimum atomic E-state index is -1.23. The van der Waals surface area contributed by atoms with Crippen molar-refractivity contribution < 1.29 is 14.2 Å². The van der Waals surface area contributed by atoms with Gasteiger partial charge in [-0.3, -0.25) is 14.3 Å². The molecular formula is C11H15FN2O4. The highest BCUT2D eigenvalue weighted by Gasteiger charge is 2.41. The van der Waals surface area contributed by atoms with E-state index in [1.54, 1.807) is 6.92 Å². The van der Waals surface area contributed by atoms with Gasteiger partial charge in [-0.1, -0.05) is 0 Å². The third-order valence-corrected chi connectivity index (χ3v) is 3.22. The standard InChI is InChI=1S/C11H15FN2O4/c1-7-4-14(10(17)13-9(7)16)8-2-3-11(5-12,6-15)18-8/h4,8,15H,2-3,5-6H2,1H3,(H,13,16,17)/t8-,11-/m0/s1. The third-order valence-electron chi connectivity index (χ3n) is 3.22. The number of aromatic nitrogens is 2. The van der Waals surface area contributed by atoms with Gasteiger partial charge in [0.25, 0.3) is 5.56 Å². The number of aliphatic hydroxyl groups excluding tert-OH is 1. The maximum atomic E-state index is 12.9. The molecule has 2 N–H and O–H groups in total. The molecule has 0 amide bonds. The Morgan fingerprint density at radius 3 is 2.94 bits per heavy atom. The number of nitrogens with zero attached hydrogens (tertiary/aromatic N) is 1.